The third-order valence-electron chi connectivity index (χ3n) is 3.88. The maximum atomic E-state index is 12.6. The van der Waals surface area contributed by atoms with Gasteiger partial charge in [0.2, 0.25) is 0 Å². The zero-order valence-electron chi connectivity index (χ0n) is 14.1. The fraction of sp³-hybridized carbons (Fsp3) is 0.100. The monoisotopic (exact) mass is 385 g/mol. The molecule has 0 saturated heterocycles. The van der Waals surface area contributed by atoms with E-state index in [0.717, 1.165) is 17.9 Å². The second-order valence-electron chi connectivity index (χ2n) is 5.56. The van der Waals surface area contributed by atoms with Crippen molar-refractivity contribution in [1.29, 1.82) is 0 Å². The Balaban J connectivity index is 1.88. The van der Waals surface area contributed by atoms with Gasteiger partial charge in [-0.05, 0) is 37.3 Å². The van der Waals surface area contributed by atoms with Gasteiger partial charge >= 0.3 is 0 Å². The number of para-hydroxylation sites is 2. The minimum Gasteiger partial charge on any atom is -0.340 e. The zero-order chi connectivity index (χ0) is 18.5. The lowest BCUT2D eigenvalue weighted by Crippen LogP contribution is -2.18. The maximum absolute atomic E-state index is 12.6. The molecule has 0 aliphatic carbocycles. The molecule has 1 amide bonds. The lowest BCUT2D eigenvalue weighted by atomic mass is 10.2. The van der Waals surface area contributed by atoms with E-state index in [0.29, 0.717) is 21.3 Å². The zero-order valence-corrected chi connectivity index (χ0v) is 15.6. The van der Waals surface area contributed by atoms with Crippen molar-refractivity contribution in [2.45, 2.75) is 6.92 Å². The molecule has 3 aromatic rings. The van der Waals surface area contributed by atoms with Crippen LogP contribution in [0.2, 0.25) is 10.0 Å². The summed E-state index contributed by atoms with van der Waals surface area (Å²) in [5.74, 6) is -0.321. The smallest absolute Gasteiger partial charge is 0.257 e. The summed E-state index contributed by atoms with van der Waals surface area (Å²) in [6, 6.07) is 16.8. The Morgan fingerprint density at radius 1 is 1.00 bits per heavy atom. The van der Waals surface area contributed by atoms with E-state index < -0.39 is 0 Å². The number of hydrogen-bond donors (Lipinski definition) is 1. The molecule has 0 bridgehead atoms. The Morgan fingerprint density at radius 2 is 1.69 bits per heavy atom. The standard InChI is InChI=1S/C20H17Cl2N3O/c1-2-25(15-7-4-3-5-8-15)16-11-14(12-23-13-16)20(26)24-19-17(21)9-6-10-18(19)22/h3-13H,2H2,1H3,(H,24,26). The van der Waals surface area contributed by atoms with Crippen LogP contribution in [-0.4, -0.2) is 17.4 Å². The molecule has 0 aliphatic rings. The van der Waals surface area contributed by atoms with Gasteiger partial charge in [-0.3, -0.25) is 9.78 Å². The minimum absolute atomic E-state index is 0.321. The number of anilines is 3. The molecule has 26 heavy (non-hydrogen) atoms. The van der Waals surface area contributed by atoms with Crippen molar-refractivity contribution in [2.24, 2.45) is 0 Å². The topological polar surface area (TPSA) is 45.2 Å². The number of carbonyl (C=O) groups is 1. The lowest BCUT2D eigenvalue weighted by molar-refractivity contribution is 0.102. The van der Waals surface area contributed by atoms with E-state index in [4.69, 9.17) is 23.2 Å². The highest BCUT2D eigenvalue weighted by atomic mass is 35.5. The molecule has 0 aliphatic heterocycles. The number of rotatable bonds is 5. The number of carbonyl (C=O) groups excluding carboxylic acids is 1. The van der Waals surface area contributed by atoms with Gasteiger partial charge in [-0.2, -0.15) is 0 Å². The van der Waals surface area contributed by atoms with Crippen LogP contribution in [0.5, 0.6) is 0 Å². The molecule has 4 nitrogen and oxygen atoms in total. The summed E-state index contributed by atoms with van der Waals surface area (Å²) in [5.41, 5.74) is 2.68. The summed E-state index contributed by atoms with van der Waals surface area (Å²) in [5, 5.41) is 3.52. The summed E-state index contributed by atoms with van der Waals surface area (Å²) >= 11 is 12.2. The molecule has 2 aromatic carbocycles. The van der Waals surface area contributed by atoms with E-state index in [-0.39, 0.29) is 5.91 Å². The molecule has 1 N–H and O–H groups in total. The maximum Gasteiger partial charge on any atom is 0.257 e. The quantitative estimate of drug-likeness (QED) is 0.603. The molecule has 3 rings (SSSR count). The van der Waals surface area contributed by atoms with Crippen molar-refractivity contribution in [3.8, 4) is 0 Å². The summed E-state index contributed by atoms with van der Waals surface area (Å²) in [6.07, 6.45) is 3.25. The third-order valence-corrected chi connectivity index (χ3v) is 4.51. The number of benzene rings is 2. The Bertz CT molecular complexity index is 896. The van der Waals surface area contributed by atoms with Gasteiger partial charge in [-0.25, -0.2) is 0 Å². The number of pyridine rings is 1. The summed E-state index contributed by atoms with van der Waals surface area (Å²) in [4.78, 5) is 18.9. The predicted octanol–water partition coefficient (Wildman–Crippen LogP) is 5.80. The molecular weight excluding hydrogens is 369 g/mol. The molecule has 6 heteroatoms. The minimum atomic E-state index is -0.321. The van der Waals surface area contributed by atoms with E-state index >= 15 is 0 Å². The largest absolute Gasteiger partial charge is 0.340 e. The van der Waals surface area contributed by atoms with Crippen LogP contribution in [0.1, 0.15) is 17.3 Å². The fourth-order valence-corrected chi connectivity index (χ4v) is 3.12. The van der Waals surface area contributed by atoms with Crippen LogP contribution in [0, 0.1) is 0 Å². The molecule has 0 saturated carbocycles. The van der Waals surface area contributed by atoms with Crippen LogP contribution in [0.4, 0.5) is 17.1 Å². The highest BCUT2D eigenvalue weighted by Crippen LogP contribution is 2.30. The molecule has 1 aromatic heterocycles. The van der Waals surface area contributed by atoms with E-state index in [1.807, 2.05) is 37.3 Å². The average molecular weight is 386 g/mol. The summed E-state index contributed by atoms with van der Waals surface area (Å²) in [6.45, 7) is 2.79. The number of hydrogen-bond acceptors (Lipinski definition) is 3. The first-order chi connectivity index (χ1) is 12.6. The molecule has 1 heterocycles. The average Bonchev–Trinajstić information content (AvgIpc) is 2.66. The Morgan fingerprint density at radius 3 is 2.35 bits per heavy atom. The molecule has 132 valence electrons. The van der Waals surface area contributed by atoms with Gasteiger partial charge in [0.1, 0.15) is 0 Å². The normalized spacial score (nSPS) is 10.4. The SMILES string of the molecule is CCN(c1ccccc1)c1cncc(C(=O)Nc2c(Cl)cccc2Cl)c1. The van der Waals surface area contributed by atoms with Gasteiger partial charge < -0.3 is 10.2 Å². The van der Waals surface area contributed by atoms with Crippen LogP contribution in [-0.2, 0) is 0 Å². The number of amides is 1. The first kappa shape index (κ1) is 18.2. The van der Waals surface area contributed by atoms with E-state index in [9.17, 15) is 4.79 Å². The number of halogens is 2. The number of aromatic nitrogens is 1. The van der Waals surface area contributed by atoms with Crippen LogP contribution >= 0.6 is 23.2 Å². The second-order valence-corrected chi connectivity index (χ2v) is 6.38. The van der Waals surface area contributed by atoms with Crippen molar-refractivity contribution in [1.82, 2.24) is 4.98 Å². The predicted molar refractivity (Wildman–Crippen MR) is 108 cm³/mol. The van der Waals surface area contributed by atoms with Gasteiger partial charge in [0, 0.05) is 18.4 Å². The first-order valence-corrected chi connectivity index (χ1v) is 8.88. The van der Waals surface area contributed by atoms with E-state index in [2.05, 4.69) is 15.2 Å². The Kier molecular flexibility index (Phi) is 5.76. The molecular formula is C20H17Cl2N3O. The molecule has 0 atom stereocenters. The van der Waals surface area contributed by atoms with Crippen molar-refractivity contribution in [3.05, 3.63) is 82.6 Å². The molecule has 0 radical (unpaired) electrons. The van der Waals surface area contributed by atoms with Crippen molar-refractivity contribution in [3.63, 3.8) is 0 Å². The van der Waals surface area contributed by atoms with Crippen LogP contribution in [0.15, 0.2) is 67.0 Å². The van der Waals surface area contributed by atoms with Gasteiger partial charge in [-0.15, -0.1) is 0 Å². The van der Waals surface area contributed by atoms with Crippen molar-refractivity contribution < 1.29 is 4.79 Å². The highest BCUT2D eigenvalue weighted by molar-refractivity contribution is 6.40. The summed E-state index contributed by atoms with van der Waals surface area (Å²) in [7, 11) is 0. The van der Waals surface area contributed by atoms with Gasteiger partial charge in [-0.1, -0.05) is 47.5 Å². The lowest BCUT2D eigenvalue weighted by Gasteiger charge is -2.23. The Hall–Kier alpha value is -2.56. The fourth-order valence-electron chi connectivity index (χ4n) is 2.62. The second kappa shape index (κ2) is 8.21. The van der Waals surface area contributed by atoms with E-state index in [1.165, 1.54) is 6.20 Å². The van der Waals surface area contributed by atoms with Crippen molar-refractivity contribution >= 4 is 46.2 Å². The first-order valence-electron chi connectivity index (χ1n) is 8.13. The Labute approximate surface area is 162 Å². The van der Waals surface area contributed by atoms with Crippen molar-refractivity contribution in [2.75, 3.05) is 16.8 Å². The molecule has 0 unspecified atom stereocenters. The molecule has 0 spiro atoms. The van der Waals surface area contributed by atoms with Crippen LogP contribution in [0.25, 0.3) is 0 Å². The van der Waals surface area contributed by atoms with Gasteiger partial charge in [0.05, 0.1) is 33.2 Å². The third kappa shape index (κ3) is 3.98. The van der Waals surface area contributed by atoms with Crippen LogP contribution in [0.3, 0.4) is 0 Å². The van der Waals surface area contributed by atoms with Gasteiger partial charge in [0.25, 0.3) is 5.91 Å². The molecule has 0 fully saturated rings. The highest BCUT2D eigenvalue weighted by Gasteiger charge is 2.14. The number of nitrogens with zero attached hydrogens (tertiary/aromatic N) is 2. The van der Waals surface area contributed by atoms with Crippen LogP contribution < -0.4 is 10.2 Å². The summed E-state index contributed by atoms with van der Waals surface area (Å²) < 4.78 is 0. The van der Waals surface area contributed by atoms with Gasteiger partial charge in [0.15, 0.2) is 0 Å². The van der Waals surface area contributed by atoms with E-state index in [1.54, 1.807) is 30.5 Å². The number of nitrogens with one attached hydrogen (secondary N) is 1.